The maximum atomic E-state index is 11.5. The zero-order chi connectivity index (χ0) is 12.0. The van der Waals surface area contributed by atoms with Crippen molar-refractivity contribution in [2.45, 2.75) is 37.6 Å². The fraction of sp³-hybridized carbons (Fsp3) is 0.800. The molecule has 0 atom stereocenters. The zero-order valence-electron chi connectivity index (χ0n) is 9.53. The molecule has 0 bridgehead atoms. The molecule has 1 rings (SSSR count). The quantitative estimate of drug-likeness (QED) is 0.277. The first-order valence-corrected chi connectivity index (χ1v) is 5.42. The van der Waals surface area contributed by atoms with Gasteiger partial charge < -0.3 is 21.0 Å². The molecule has 0 aromatic heterocycles. The number of carbonyl (C=O) groups is 1. The van der Waals surface area contributed by atoms with Gasteiger partial charge in [0, 0.05) is 7.11 Å². The van der Waals surface area contributed by atoms with Crippen LogP contribution in [0.2, 0.25) is 0 Å². The van der Waals surface area contributed by atoms with Gasteiger partial charge in [-0.15, -0.1) is 0 Å². The fourth-order valence-corrected chi connectivity index (χ4v) is 2.13. The minimum absolute atomic E-state index is 0.0134. The third-order valence-electron chi connectivity index (χ3n) is 2.96. The lowest BCUT2D eigenvalue weighted by Gasteiger charge is -2.36. The molecule has 0 unspecified atom stereocenters. The summed E-state index contributed by atoms with van der Waals surface area (Å²) in [6.45, 7) is -0.0134. The van der Waals surface area contributed by atoms with Crippen LogP contribution < -0.4 is 11.1 Å². The molecular weight excluding hydrogens is 210 g/mol. The maximum absolute atomic E-state index is 11.5. The minimum atomic E-state index is -0.692. The molecule has 0 aromatic carbocycles. The summed E-state index contributed by atoms with van der Waals surface area (Å²) < 4.78 is 4.75. The van der Waals surface area contributed by atoms with Crippen molar-refractivity contribution < 1.29 is 14.7 Å². The predicted octanol–water partition coefficient (Wildman–Crippen LogP) is 0.198. The van der Waals surface area contributed by atoms with Gasteiger partial charge in [-0.1, -0.05) is 24.4 Å². The van der Waals surface area contributed by atoms with Crippen molar-refractivity contribution in [3.8, 4) is 0 Å². The van der Waals surface area contributed by atoms with Crippen LogP contribution in [0, 0.1) is 0 Å². The average molecular weight is 229 g/mol. The van der Waals surface area contributed by atoms with Gasteiger partial charge >= 0.3 is 0 Å². The average Bonchev–Trinajstić information content (AvgIpc) is 2.29. The summed E-state index contributed by atoms with van der Waals surface area (Å²) in [6.07, 6.45) is 4.45. The Bertz CT molecular complexity index is 272. The summed E-state index contributed by atoms with van der Waals surface area (Å²) in [5.74, 6) is -0.160. The van der Waals surface area contributed by atoms with E-state index in [0.29, 0.717) is 12.8 Å². The second-order valence-electron chi connectivity index (χ2n) is 4.11. The summed E-state index contributed by atoms with van der Waals surface area (Å²) in [4.78, 5) is 11.5. The van der Waals surface area contributed by atoms with E-state index in [1.807, 2.05) is 0 Å². The van der Waals surface area contributed by atoms with E-state index < -0.39 is 5.54 Å². The lowest BCUT2D eigenvalue weighted by atomic mass is 9.80. The van der Waals surface area contributed by atoms with E-state index in [1.54, 1.807) is 0 Å². The Hall–Kier alpha value is -1.30. The molecule has 1 saturated carbocycles. The Labute approximate surface area is 94.8 Å². The van der Waals surface area contributed by atoms with Crippen molar-refractivity contribution in [1.29, 1.82) is 0 Å². The lowest BCUT2D eigenvalue weighted by molar-refractivity contribution is -0.126. The second kappa shape index (κ2) is 5.69. The first kappa shape index (κ1) is 12.8. The molecule has 1 fully saturated rings. The number of nitrogens with one attached hydrogen (secondary N) is 1. The van der Waals surface area contributed by atoms with E-state index in [1.165, 1.54) is 7.11 Å². The van der Waals surface area contributed by atoms with Crippen LogP contribution >= 0.6 is 0 Å². The number of amidine groups is 1. The van der Waals surface area contributed by atoms with Crippen LogP contribution in [-0.2, 0) is 9.53 Å². The first-order valence-electron chi connectivity index (χ1n) is 5.42. The molecular formula is C10H19N3O3. The standard InChI is InChI=1S/C10H19N3O3/c1-16-7-8(14)12-10(9(11)13-15)5-3-2-4-6-10/h15H,2-7H2,1H3,(H2,11,13)(H,12,14). The smallest absolute Gasteiger partial charge is 0.246 e. The number of hydrogen-bond acceptors (Lipinski definition) is 4. The van der Waals surface area contributed by atoms with Gasteiger partial charge in [0.05, 0.1) is 0 Å². The molecule has 0 radical (unpaired) electrons. The number of methoxy groups -OCH3 is 1. The normalized spacial score (nSPS) is 20.4. The van der Waals surface area contributed by atoms with Crippen molar-refractivity contribution >= 4 is 11.7 Å². The third kappa shape index (κ3) is 2.85. The van der Waals surface area contributed by atoms with Crippen LogP contribution in [0.3, 0.4) is 0 Å². The van der Waals surface area contributed by atoms with Crippen molar-refractivity contribution in [3.05, 3.63) is 0 Å². The highest BCUT2D eigenvalue weighted by molar-refractivity contribution is 5.94. The minimum Gasteiger partial charge on any atom is -0.409 e. The number of hydrogen-bond donors (Lipinski definition) is 3. The first-order chi connectivity index (χ1) is 7.64. The Balaban J connectivity index is 2.74. The number of oxime groups is 1. The molecule has 1 amide bonds. The molecule has 92 valence electrons. The number of nitrogens with two attached hydrogens (primary N) is 1. The molecule has 0 aromatic rings. The molecule has 0 spiro atoms. The largest absolute Gasteiger partial charge is 0.409 e. The number of carbonyl (C=O) groups excluding carboxylic acids is 1. The summed E-state index contributed by atoms with van der Waals surface area (Å²) in [5, 5.41) is 14.6. The SMILES string of the molecule is COCC(=O)NC1(C(N)=NO)CCCCC1. The van der Waals surface area contributed by atoms with Gasteiger partial charge in [-0.05, 0) is 12.8 Å². The van der Waals surface area contributed by atoms with E-state index in [9.17, 15) is 4.79 Å². The number of nitrogens with zero attached hydrogens (tertiary/aromatic N) is 1. The highest BCUT2D eigenvalue weighted by Crippen LogP contribution is 2.28. The van der Waals surface area contributed by atoms with Gasteiger partial charge in [-0.2, -0.15) is 0 Å². The van der Waals surface area contributed by atoms with Crippen LogP contribution in [-0.4, -0.2) is 36.2 Å². The third-order valence-corrected chi connectivity index (χ3v) is 2.96. The summed E-state index contributed by atoms with van der Waals surface area (Å²) in [7, 11) is 1.45. The fourth-order valence-electron chi connectivity index (χ4n) is 2.13. The molecule has 6 heteroatoms. The monoisotopic (exact) mass is 229 g/mol. The highest BCUT2D eigenvalue weighted by atomic mass is 16.5. The summed E-state index contributed by atoms with van der Waals surface area (Å²) >= 11 is 0. The van der Waals surface area contributed by atoms with Crippen molar-refractivity contribution in [1.82, 2.24) is 5.32 Å². The van der Waals surface area contributed by atoms with Gasteiger partial charge in [0.15, 0.2) is 5.84 Å². The number of ether oxygens (including phenoxy) is 1. The molecule has 0 saturated heterocycles. The van der Waals surface area contributed by atoms with Crippen LogP contribution in [0.15, 0.2) is 5.16 Å². The summed E-state index contributed by atoms with van der Waals surface area (Å²) in [6, 6.07) is 0. The van der Waals surface area contributed by atoms with E-state index >= 15 is 0 Å². The van der Waals surface area contributed by atoms with E-state index in [-0.39, 0.29) is 18.3 Å². The van der Waals surface area contributed by atoms with Crippen LogP contribution in [0.1, 0.15) is 32.1 Å². The molecule has 0 aliphatic heterocycles. The van der Waals surface area contributed by atoms with Crippen LogP contribution in [0.5, 0.6) is 0 Å². The Kier molecular flexibility index (Phi) is 4.54. The lowest BCUT2D eigenvalue weighted by Crippen LogP contribution is -2.59. The molecule has 0 heterocycles. The molecule has 6 nitrogen and oxygen atoms in total. The Morgan fingerprint density at radius 3 is 2.62 bits per heavy atom. The molecule has 4 N–H and O–H groups in total. The van der Waals surface area contributed by atoms with Crippen LogP contribution in [0.4, 0.5) is 0 Å². The predicted molar refractivity (Wildman–Crippen MR) is 59.2 cm³/mol. The second-order valence-corrected chi connectivity index (χ2v) is 4.11. The van der Waals surface area contributed by atoms with Crippen molar-refractivity contribution in [2.24, 2.45) is 10.9 Å². The Morgan fingerprint density at radius 1 is 1.50 bits per heavy atom. The van der Waals surface area contributed by atoms with Gasteiger partial charge in [-0.3, -0.25) is 4.79 Å². The molecule has 16 heavy (non-hydrogen) atoms. The van der Waals surface area contributed by atoms with Crippen molar-refractivity contribution in [2.75, 3.05) is 13.7 Å². The van der Waals surface area contributed by atoms with Gasteiger partial charge in [-0.25, -0.2) is 0 Å². The highest BCUT2D eigenvalue weighted by Gasteiger charge is 2.37. The topological polar surface area (TPSA) is 96.9 Å². The van der Waals surface area contributed by atoms with Crippen molar-refractivity contribution in [3.63, 3.8) is 0 Å². The van der Waals surface area contributed by atoms with E-state index in [4.69, 9.17) is 15.7 Å². The molecule has 1 aliphatic carbocycles. The molecule has 1 aliphatic rings. The Morgan fingerprint density at radius 2 is 2.12 bits per heavy atom. The van der Waals surface area contributed by atoms with E-state index in [0.717, 1.165) is 19.3 Å². The number of amides is 1. The van der Waals surface area contributed by atoms with Gasteiger partial charge in [0.1, 0.15) is 12.1 Å². The number of rotatable bonds is 4. The van der Waals surface area contributed by atoms with E-state index in [2.05, 4.69) is 10.5 Å². The zero-order valence-corrected chi connectivity index (χ0v) is 9.53. The van der Waals surface area contributed by atoms with Crippen LogP contribution in [0.25, 0.3) is 0 Å². The van der Waals surface area contributed by atoms with Gasteiger partial charge in [0.25, 0.3) is 0 Å². The summed E-state index contributed by atoms with van der Waals surface area (Å²) in [5.41, 5.74) is 4.98. The van der Waals surface area contributed by atoms with Gasteiger partial charge in [0.2, 0.25) is 5.91 Å². The maximum Gasteiger partial charge on any atom is 0.246 e.